The molecule has 3 N–H and O–H groups in total. The van der Waals surface area contributed by atoms with E-state index < -0.39 is 5.41 Å². The molecule has 5 heteroatoms. The lowest BCUT2D eigenvalue weighted by Crippen LogP contribution is -2.47. The van der Waals surface area contributed by atoms with Gasteiger partial charge in [-0.05, 0) is 33.6 Å². The van der Waals surface area contributed by atoms with Crippen LogP contribution in [0, 0.1) is 12.3 Å². The number of carbonyl (C=O) groups excluding carboxylic acids is 1. The van der Waals surface area contributed by atoms with Crippen molar-refractivity contribution in [1.29, 1.82) is 0 Å². The predicted octanol–water partition coefficient (Wildman–Crippen LogP) is 1.42. The molecule has 1 aromatic rings. The van der Waals surface area contributed by atoms with Crippen molar-refractivity contribution < 1.29 is 4.79 Å². The van der Waals surface area contributed by atoms with Gasteiger partial charge in [-0.1, -0.05) is 6.42 Å². The van der Waals surface area contributed by atoms with Crippen molar-refractivity contribution in [2.45, 2.75) is 52.1 Å². The van der Waals surface area contributed by atoms with Crippen LogP contribution in [0.4, 0.5) is 0 Å². The molecular weight excluding hydrogens is 240 g/mol. The predicted molar refractivity (Wildman–Crippen MR) is 74.4 cm³/mol. The van der Waals surface area contributed by atoms with Crippen LogP contribution in [-0.4, -0.2) is 21.7 Å². The van der Waals surface area contributed by atoms with Crippen molar-refractivity contribution in [3.05, 3.63) is 17.5 Å². The molecule has 0 aromatic carbocycles. The van der Waals surface area contributed by atoms with Gasteiger partial charge in [0, 0.05) is 24.3 Å². The molecule has 0 spiro atoms. The second-order valence-corrected chi connectivity index (χ2v) is 5.92. The molecule has 1 fully saturated rings. The molecule has 3 atom stereocenters. The summed E-state index contributed by atoms with van der Waals surface area (Å²) in [6, 6.07) is -0.0690. The number of hydrogen-bond acceptors (Lipinski definition) is 3. The first kappa shape index (κ1) is 14.1. The van der Waals surface area contributed by atoms with Crippen LogP contribution in [0.1, 0.15) is 50.4 Å². The Morgan fingerprint density at radius 3 is 2.84 bits per heavy atom. The normalized spacial score (nSPS) is 28.4. The summed E-state index contributed by atoms with van der Waals surface area (Å²) in [7, 11) is 1.90. The Bertz CT molecular complexity index is 482. The smallest absolute Gasteiger partial charge is 0.227 e. The molecular formula is C14H24N4O. The zero-order chi connectivity index (χ0) is 14.2. The summed E-state index contributed by atoms with van der Waals surface area (Å²) in [6.45, 7) is 5.97. The molecule has 19 heavy (non-hydrogen) atoms. The second kappa shape index (κ2) is 4.96. The highest BCUT2D eigenvalue weighted by Crippen LogP contribution is 2.37. The van der Waals surface area contributed by atoms with E-state index in [1.165, 1.54) is 0 Å². The fourth-order valence-electron chi connectivity index (χ4n) is 2.86. The van der Waals surface area contributed by atoms with Crippen molar-refractivity contribution in [1.82, 2.24) is 15.1 Å². The average molecular weight is 264 g/mol. The van der Waals surface area contributed by atoms with Crippen molar-refractivity contribution in [3.63, 3.8) is 0 Å². The molecule has 1 aromatic heterocycles. The molecule has 3 unspecified atom stereocenters. The summed E-state index contributed by atoms with van der Waals surface area (Å²) in [5.41, 5.74) is 7.80. The maximum Gasteiger partial charge on any atom is 0.227 e. The van der Waals surface area contributed by atoms with Crippen LogP contribution in [-0.2, 0) is 11.8 Å². The van der Waals surface area contributed by atoms with Crippen LogP contribution >= 0.6 is 0 Å². The van der Waals surface area contributed by atoms with E-state index >= 15 is 0 Å². The number of hydrogen-bond donors (Lipinski definition) is 2. The number of rotatable bonds is 3. The van der Waals surface area contributed by atoms with Crippen LogP contribution in [0.2, 0.25) is 0 Å². The Balaban J connectivity index is 2.09. The first-order valence-electron chi connectivity index (χ1n) is 6.91. The Hall–Kier alpha value is -1.36. The topological polar surface area (TPSA) is 72.9 Å². The van der Waals surface area contributed by atoms with Gasteiger partial charge in [-0.3, -0.25) is 9.48 Å². The summed E-state index contributed by atoms with van der Waals surface area (Å²) < 4.78 is 1.82. The third-order valence-corrected chi connectivity index (χ3v) is 4.64. The molecule has 1 saturated carbocycles. The van der Waals surface area contributed by atoms with Crippen LogP contribution in [0.15, 0.2) is 6.20 Å². The van der Waals surface area contributed by atoms with Gasteiger partial charge < -0.3 is 11.1 Å². The minimum atomic E-state index is -0.426. The summed E-state index contributed by atoms with van der Waals surface area (Å²) in [4.78, 5) is 12.5. The summed E-state index contributed by atoms with van der Waals surface area (Å²) >= 11 is 0. The third-order valence-electron chi connectivity index (χ3n) is 4.64. The van der Waals surface area contributed by atoms with Gasteiger partial charge >= 0.3 is 0 Å². The fraction of sp³-hybridized carbons (Fsp3) is 0.714. The molecule has 1 heterocycles. The molecule has 5 nitrogen and oxygen atoms in total. The van der Waals surface area contributed by atoms with Gasteiger partial charge in [-0.2, -0.15) is 5.10 Å². The van der Waals surface area contributed by atoms with Gasteiger partial charge in [0.1, 0.15) is 0 Å². The standard InChI is InChI=1S/C14H24N4O/c1-9(11-8-16-18(4)10(11)2)17-13(19)14(3)7-5-6-12(14)15/h8-9,12H,5-7,15H2,1-4H3,(H,17,19). The molecule has 2 rings (SSSR count). The molecule has 106 valence electrons. The monoisotopic (exact) mass is 264 g/mol. The van der Waals surface area contributed by atoms with Crippen molar-refractivity contribution >= 4 is 5.91 Å². The number of amides is 1. The molecule has 1 aliphatic rings. The van der Waals surface area contributed by atoms with E-state index in [-0.39, 0.29) is 18.0 Å². The van der Waals surface area contributed by atoms with Crippen LogP contribution in [0.25, 0.3) is 0 Å². The largest absolute Gasteiger partial charge is 0.349 e. The van der Waals surface area contributed by atoms with Crippen molar-refractivity contribution in [2.24, 2.45) is 18.2 Å². The number of nitrogens with two attached hydrogens (primary N) is 1. The van der Waals surface area contributed by atoms with E-state index in [1.54, 1.807) is 0 Å². The fourth-order valence-corrected chi connectivity index (χ4v) is 2.86. The van der Waals surface area contributed by atoms with E-state index in [0.717, 1.165) is 30.5 Å². The van der Waals surface area contributed by atoms with Gasteiger partial charge in [-0.25, -0.2) is 0 Å². The van der Waals surface area contributed by atoms with E-state index in [0.29, 0.717) is 0 Å². The van der Waals surface area contributed by atoms with Gasteiger partial charge in [-0.15, -0.1) is 0 Å². The van der Waals surface area contributed by atoms with Crippen molar-refractivity contribution in [3.8, 4) is 0 Å². The summed E-state index contributed by atoms with van der Waals surface area (Å²) in [5, 5.41) is 7.31. The minimum Gasteiger partial charge on any atom is -0.349 e. The summed E-state index contributed by atoms with van der Waals surface area (Å²) in [5.74, 6) is 0.0632. The molecule has 1 amide bonds. The van der Waals surface area contributed by atoms with Gasteiger partial charge in [0.2, 0.25) is 5.91 Å². The number of nitrogens with one attached hydrogen (secondary N) is 1. The number of carbonyl (C=O) groups is 1. The van der Waals surface area contributed by atoms with Gasteiger partial charge in [0.25, 0.3) is 0 Å². The average Bonchev–Trinajstić information content (AvgIpc) is 2.86. The number of aryl methyl sites for hydroxylation is 1. The molecule has 1 aliphatic carbocycles. The van der Waals surface area contributed by atoms with Crippen LogP contribution in [0.5, 0.6) is 0 Å². The SMILES string of the molecule is Cc1c(C(C)NC(=O)C2(C)CCCC2N)cnn1C. The maximum atomic E-state index is 12.5. The van der Waals surface area contributed by atoms with Crippen LogP contribution in [0.3, 0.4) is 0 Å². The Kier molecular flexibility index (Phi) is 3.67. The van der Waals surface area contributed by atoms with Crippen LogP contribution < -0.4 is 11.1 Å². The first-order chi connectivity index (χ1) is 8.86. The first-order valence-corrected chi connectivity index (χ1v) is 6.91. The van der Waals surface area contributed by atoms with E-state index in [4.69, 9.17) is 5.73 Å². The lowest BCUT2D eigenvalue weighted by molar-refractivity contribution is -0.131. The van der Waals surface area contributed by atoms with Gasteiger partial charge in [0.15, 0.2) is 0 Å². The summed E-state index contributed by atoms with van der Waals surface area (Å²) in [6.07, 6.45) is 4.66. The zero-order valence-electron chi connectivity index (χ0n) is 12.2. The third kappa shape index (κ3) is 2.39. The van der Waals surface area contributed by atoms with Crippen molar-refractivity contribution in [2.75, 3.05) is 0 Å². The van der Waals surface area contributed by atoms with E-state index in [2.05, 4.69) is 10.4 Å². The molecule has 0 radical (unpaired) electrons. The molecule has 0 bridgehead atoms. The van der Waals surface area contributed by atoms with E-state index in [1.807, 2.05) is 38.7 Å². The zero-order valence-corrected chi connectivity index (χ0v) is 12.2. The Labute approximate surface area is 114 Å². The molecule has 0 saturated heterocycles. The maximum absolute atomic E-state index is 12.5. The Morgan fingerprint density at radius 1 is 1.68 bits per heavy atom. The number of nitrogens with zero attached hydrogens (tertiary/aromatic N) is 2. The number of aromatic nitrogens is 2. The Morgan fingerprint density at radius 2 is 2.37 bits per heavy atom. The quantitative estimate of drug-likeness (QED) is 0.867. The highest BCUT2D eigenvalue weighted by molar-refractivity contribution is 5.83. The van der Waals surface area contributed by atoms with Gasteiger partial charge in [0.05, 0.1) is 17.7 Å². The minimum absolute atomic E-state index is 0.0327. The highest BCUT2D eigenvalue weighted by atomic mass is 16.2. The second-order valence-electron chi connectivity index (χ2n) is 5.92. The lowest BCUT2D eigenvalue weighted by Gasteiger charge is -2.29. The highest BCUT2D eigenvalue weighted by Gasteiger charge is 2.43. The molecule has 0 aliphatic heterocycles. The lowest BCUT2D eigenvalue weighted by atomic mass is 9.84. The van der Waals surface area contributed by atoms with E-state index in [9.17, 15) is 4.79 Å².